The van der Waals surface area contributed by atoms with E-state index in [2.05, 4.69) is 5.32 Å². The lowest BCUT2D eigenvalue weighted by Crippen LogP contribution is -2.32. The van der Waals surface area contributed by atoms with Gasteiger partial charge >= 0.3 is 5.97 Å². The topological polar surface area (TPSA) is 99.9 Å². The maximum Gasteiger partial charge on any atom is 0.338 e. The molecule has 0 aromatic heterocycles. The molecule has 8 heteroatoms. The van der Waals surface area contributed by atoms with Crippen molar-refractivity contribution in [2.24, 2.45) is 0 Å². The third kappa shape index (κ3) is 5.04. The molecular formula is C19H21ClN2O5. The summed E-state index contributed by atoms with van der Waals surface area (Å²) in [6, 6.07) is 9.40. The summed E-state index contributed by atoms with van der Waals surface area (Å²) >= 11 is 6.11. The number of nitrogens with one attached hydrogen (secondary N) is 1. The van der Waals surface area contributed by atoms with Crippen LogP contribution in [0.25, 0.3) is 0 Å². The van der Waals surface area contributed by atoms with Crippen LogP contribution < -0.4 is 20.5 Å². The van der Waals surface area contributed by atoms with Gasteiger partial charge in [0.05, 0.1) is 30.5 Å². The number of methoxy groups -OCH3 is 2. The molecule has 2 aromatic carbocycles. The fourth-order valence-electron chi connectivity index (χ4n) is 2.36. The van der Waals surface area contributed by atoms with Crippen molar-refractivity contribution in [3.05, 3.63) is 47.0 Å². The lowest BCUT2D eigenvalue weighted by atomic mass is 10.2. The standard InChI is InChI=1S/C19H21ClN2O5/c1-4-15(27-19(24)11-6-5-7-12(21)8-11)18(23)22-14-9-13(20)16(25-2)10-17(14)26-3/h5-10,15H,4,21H2,1-3H3,(H,22,23). The maximum atomic E-state index is 12.6. The molecule has 1 unspecified atom stereocenters. The molecule has 144 valence electrons. The monoisotopic (exact) mass is 392 g/mol. The van der Waals surface area contributed by atoms with Crippen LogP contribution in [0.2, 0.25) is 5.02 Å². The van der Waals surface area contributed by atoms with Crippen molar-refractivity contribution in [2.45, 2.75) is 19.4 Å². The summed E-state index contributed by atoms with van der Waals surface area (Å²) in [5.74, 6) is -0.369. The minimum atomic E-state index is -0.996. The Morgan fingerprint density at radius 1 is 1.15 bits per heavy atom. The predicted molar refractivity (Wildman–Crippen MR) is 104 cm³/mol. The summed E-state index contributed by atoms with van der Waals surface area (Å²) in [6.45, 7) is 1.73. The van der Waals surface area contributed by atoms with Gasteiger partial charge in [0.1, 0.15) is 11.5 Å². The number of rotatable bonds is 7. The number of nitrogens with two attached hydrogens (primary N) is 1. The lowest BCUT2D eigenvalue weighted by molar-refractivity contribution is -0.124. The van der Waals surface area contributed by atoms with Crippen LogP contribution in [0.5, 0.6) is 11.5 Å². The summed E-state index contributed by atoms with van der Waals surface area (Å²) in [5, 5.41) is 2.97. The highest BCUT2D eigenvalue weighted by molar-refractivity contribution is 6.32. The first kappa shape index (κ1) is 20.4. The van der Waals surface area contributed by atoms with E-state index in [0.717, 1.165) is 0 Å². The Bertz CT molecular complexity index is 841. The molecule has 0 bridgehead atoms. The van der Waals surface area contributed by atoms with Crippen LogP contribution in [0.1, 0.15) is 23.7 Å². The van der Waals surface area contributed by atoms with E-state index in [9.17, 15) is 9.59 Å². The van der Waals surface area contributed by atoms with Crippen LogP contribution >= 0.6 is 11.6 Å². The zero-order chi connectivity index (χ0) is 20.0. The van der Waals surface area contributed by atoms with Gasteiger partial charge in [0.15, 0.2) is 6.10 Å². The zero-order valence-corrected chi connectivity index (χ0v) is 16.0. The van der Waals surface area contributed by atoms with Crippen molar-refractivity contribution in [3.63, 3.8) is 0 Å². The van der Waals surface area contributed by atoms with Crippen molar-refractivity contribution in [1.29, 1.82) is 0 Å². The van der Waals surface area contributed by atoms with Gasteiger partial charge in [-0.3, -0.25) is 4.79 Å². The van der Waals surface area contributed by atoms with Gasteiger partial charge in [-0.2, -0.15) is 0 Å². The first-order chi connectivity index (χ1) is 12.9. The van der Waals surface area contributed by atoms with Crippen molar-refractivity contribution in [3.8, 4) is 11.5 Å². The summed E-state index contributed by atoms with van der Waals surface area (Å²) in [6.07, 6.45) is -0.712. The van der Waals surface area contributed by atoms with Crippen LogP contribution in [-0.4, -0.2) is 32.2 Å². The summed E-state index contributed by atoms with van der Waals surface area (Å²) in [4.78, 5) is 24.8. The highest BCUT2D eigenvalue weighted by Crippen LogP contribution is 2.36. The third-order valence-electron chi connectivity index (χ3n) is 3.77. The van der Waals surface area contributed by atoms with Gasteiger partial charge in [-0.1, -0.05) is 24.6 Å². The Labute approximate surface area is 162 Å². The largest absolute Gasteiger partial charge is 0.495 e. The first-order valence-corrected chi connectivity index (χ1v) is 8.56. The number of benzene rings is 2. The summed E-state index contributed by atoms with van der Waals surface area (Å²) < 4.78 is 15.7. The van der Waals surface area contributed by atoms with Crippen LogP contribution in [0.4, 0.5) is 11.4 Å². The molecule has 1 amide bonds. The van der Waals surface area contributed by atoms with Gasteiger partial charge in [0.2, 0.25) is 0 Å². The number of esters is 1. The Balaban J connectivity index is 2.15. The minimum Gasteiger partial charge on any atom is -0.495 e. The number of carbonyl (C=O) groups excluding carboxylic acids is 2. The van der Waals surface area contributed by atoms with Crippen LogP contribution in [0.3, 0.4) is 0 Å². The van der Waals surface area contributed by atoms with E-state index < -0.39 is 18.0 Å². The lowest BCUT2D eigenvalue weighted by Gasteiger charge is -2.18. The second kappa shape index (κ2) is 9.14. The molecule has 2 aromatic rings. The molecule has 0 aliphatic heterocycles. The van der Waals surface area contributed by atoms with E-state index >= 15 is 0 Å². The molecule has 0 radical (unpaired) electrons. The van der Waals surface area contributed by atoms with E-state index in [0.29, 0.717) is 27.9 Å². The summed E-state index contributed by atoms with van der Waals surface area (Å²) in [7, 11) is 2.93. The number of hydrogen-bond acceptors (Lipinski definition) is 6. The Hall–Kier alpha value is -2.93. The molecule has 0 aliphatic rings. The molecule has 3 N–H and O–H groups in total. The van der Waals surface area contributed by atoms with Crippen molar-refractivity contribution < 1.29 is 23.8 Å². The second-order valence-electron chi connectivity index (χ2n) is 5.60. The van der Waals surface area contributed by atoms with E-state index in [1.807, 2.05) is 0 Å². The number of amides is 1. The molecule has 0 fully saturated rings. The number of nitrogen functional groups attached to an aromatic ring is 1. The predicted octanol–water partition coefficient (Wildman–Crippen LogP) is 3.51. The van der Waals surface area contributed by atoms with Gasteiger partial charge in [-0.25, -0.2) is 4.79 Å². The average molecular weight is 393 g/mol. The minimum absolute atomic E-state index is 0.270. The highest BCUT2D eigenvalue weighted by Gasteiger charge is 2.23. The molecule has 7 nitrogen and oxygen atoms in total. The highest BCUT2D eigenvalue weighted by atomic mass is 35.5. The van der Waals surface area contributed by atoms with Gasteiger partial charge in [0.25, 0.3) is 5.91 Å². The Kier molecular flexibility index (Phi) is 6.90. The van der Waals surface area contributed by atoms with Crippen molar-refractivity contribution in [2.75, 3.05) is 25.3 Å². The number of carbonyl (C=O) groups is 2. The van der Waals surface area contributed by atoms with Crippen LogP contribution in [0.15, 0.2) is 36.4 Å². The molecule has 0 saturated carbocycles. The van der Waals surface area contributed by atoms with Gasteiger partial charge in [0, 0.05) is 11.8 Å². The van der Waals surface area contributed by atoms with Crippen molar-refractivity contribution >= 4 is 34.9 Å². The van der Waals surface area contributed by atoms with Gasteiger partial charge in [-0.05, 0) is 30.7 Å². The first-order valence-electron chi connectivity index (χ1n) is 8.18. The molecule has 27 heavy (non-hydrogen) atoms. The fourth-order valence-corrected chi connectivity index (χ4v) is 2.60. The molecule has 0 heterocycles. The zero-order valence-electron chi connectivity index (χ0n) is 15.2. The van der Waals surface area contributed by atoms with E-state index in [4.69, 9.17) is 31.5 Å². The van der Waals surface area contributed by atoms with E-state index in [1.54, 1.807) is 31.2 Å². The summed E-state index contributed by atoms with van der Waals surface area (Å²) in [5.41, 5.74) is 6.71. The van der Waals surface area contributed by atoms with Crippen LogP contribution in [-0.2, 0) is 9.53 Å². The second-order valence-corrected chi connectivity index (χ2v) is 6.01. The molecule has 1 atom stereocenters. The van der Waals surface area contributed by atoms with E-state index in [-0.39, 0.29) is 12.0 Å². The molecule has 2 rings (SSSR count). The smallest absolute Gasteiger partial charge is 0.338 e. The van der Waals surface area contributed by atoms with Gasteiger partial charge < -0.3 is 25.3 Å². The van der Waals surface area contributed by atoms with Gasteiger partial charge in [-0.15, -0.1) is 0 Å². The van der Waals surface area contributed by atoms with E-state index in [1.165, 1.54) is 26.4 Å². The Morgan fingerprint density at radius 2 is 1.85 bits per heavy atom. The average Bonchev–Trinajstić information content (AvgIpc) is 2.66. The molecular weight excluding hydrogens is 372 g/mol. The Morgan fingerprint density at radius 3 is 2.44 bits per heavy atom. The normalized spacial score (nSPS) is 11.4. The number of halogens is 1. The number of hydrogen-bond donors (Lipinski definition) is 2. The molecule has 0 aliphatic carbocycles. The SMILES string of the molecule is CCC(OC(=O)c1cccc(N)c1)C(=O)Nc1cc(Cl)c(OC)cc1OC. The molecule has 0 saturated heterocycles. The number of ether oxygens (including phenoxy) is 3. The van der Waals surface area contributed by atoms with Crippen molar-refractivity contribution in [1.82, 2.24) is 0 Å². The molecule has 0 spiro atoms. The third-order valence-corrected chi connectivity index (χ3v) is 4.06. The quantitative estimate of drug-likeness (QED) is 0.552. The number of anilines is 2. The maximum absolute atomic E-state index is 12.6. The van der Waals surface area contributed by atoms with Crippen LogP contribution in [0, 0.1) is 0 Å². The fraction of sp³-hybridized carbons (Fsp3) is 0.263.